The Morgan fingerprint density at radius 2 is 2.45 bits per heavy atom. The molecule has 0 saturated heterocycles. The van der Waals surface area contributed by atoms with Gasteiger partial charge in [-0.3, -0.25) is 0 Å². The quantitative estimate of drug-likeness (QED) is 0.751. The second-order valence-corrected chi connectivity index (χ2v) is 3.53. The Morgan fingerprint density at radius 1 is 1.73 bits per heavy atom. The maximum absolute atomic E-state index is 4.18. The number of nitrogens with zero attached hydrogens (tertiary/aromatic N) is 1. The normalized spacial score (nSPS) is 10.5. The van der Waals surface area contributed by atoms with Crippen molar-refractivity contribution in [2.24, 2.45) is 0 Å². The summed E-state index contributed by atoms with van der Waals surface area (Å²) in [5.41, 5.74) is 2.93. The molecule has 0 spiro atoms. The fraction of sp³-hybridized carbons (Fsp3) is 0.500. The highest BCUT2D eigenvalue weighted by atomic mass is 32.1. The third-order valence-electron chi connectivity index (χ3n) is 1.30. The highest BCUT2D eigenvalue weighted by molar-refractivity contribution is 7.14. The topological polar surface area (TPSA) is 24.9 Å². The molecule has 0 amide bonds. The van der Waals surface area contributed by atoms with Gasteiger partial charge >= 0.3 is 0 Å². The first-order valence-electron chi connectivity index (χ1n) is 3.72. The van der Waals surface area contributed by atoms with Crippen LogP contribution in [0, 0.1) is 6.92 Å². The average molecular weight is 169 g/mol. The van der Waals surface area contributed by atoms with Crippen LogP contribution in [0.1, 0.15) is 19.5 Å². The molecule has 61 valence electrons. The summed E-state index contributed by atoms with van der Waals surface area (Å²) in [6.07, 6.45) is 0.762. The van der Waals surface area contributed by atoms with Crippen molar-refractivity contribution in [3.05, 3.63) is 18.1 Å². The molecular weight excluding hydrogens is 156 g/mol. The number of nitrogens with one attached hydrogen (secondary N) is 1. The molecular formula is C8H13N2S. The molecule has 2 nitrogen and oxygen atoms in total. The van der Waals surface area contributed by atoms with Crippen molar-refractivity contribution in [2.45, 2.75) is 26.3 Å². The van der Waals surface area contributed by atoms with E-state index in [4.69, 9.17) is 0 Å². The van der Waals surface area contributed by atoms with Gasteiger partial charge in [0, 0.05) is 6.04 Å². The molecule has 0 bridgehead atoms. The number of aromatic nitrogens is 1. The number of anilines is 1. The van der Waals surface area contributed by atoms with Crippen LogP contribution in [0.25, 0.3) is 0 Å². The predicted molar refractivity (Wildman–Crippen MR) is 49.9 cm³/mol. The number of hydrogen-bond acceptors (Lipinski definition) is 3. The second kappa shape index (κ2) is 3.72. The van der Waals surface area contributed by atoms with Crippen molar-refractivity contribution in [1.82, 2.24) is 4.98 Å². The zero-order valence-electron chi connectivity index (χ0n) is 6.92. The fourth-order valence-electron chi connectivity index (χ4n) is 0.827. The van der Waals surface area contributed by atoms with Crippen LogP contribution in [-0.4, -0.2) is 11.0 Å². The van der Waals surface area contributed by atoms with E-state index in [0.717, 1.165) is 17.1 Å². The average Bonchev–Trinajstić information content (AvgIpc) is 2.34. The van der Waals surface area contributed by atoms with Crippen molar-refractivity contribution in [2.75, 3.05) is 5.32 Å². The van der Waals surface area contributed by atoms with Crippen molar-refractivity contribution >= 4 is 16.3 Å². The number of rotatable bonds is 3. The Bertz CT molecular complexity index is 218. The van der Waals surface area contributed by atoms with Gasteiger partial charge in [-0.15, -0.1) is 11.3 Å². The highest BCUT2D eigenvalue weighted by Gasteiger charge is 2.03. The molecule has 0 fully saturated rings. The van der Waals surface area contributed by atoms with E-state index in [-0.39, 0.29) is 0 Å². The Kier molecular flexibility index (Phi) is 2.88. The summed E-state index contributed by atoms with van der Waals surface area (Å²) < 4.78 is 0. The summed E-state index contributed by atoms with van der Waals surface area (Å²) in [7, 11) is 0. The Labute approximate surface area is 71.7 Å². The van der Waals surface area contributed by atoms with Crippen LogP contribution in [0.5, 0.6) is 0 Å². The van der Waals surface area contributed by atoms with E-state index in [1.54, 1.807) is 11.3 Å². The van der Waals surface area contributed by atoms with Crippen LogP contribution in [0.4, 0.5) is 5.00 Å². The molecule has 1 N–H and O–H groups in total. The summed E-state index contributed by atoms with van der Waals surface area (Å²) >= 11 is 1.64. The smallest absolute Gasteiger partial charge is 0.112 e. The number of thiazole rings is 1. The van der Waals surface area contributed by atoms with Crippen molar-refractivity contribution in [3.8, 4) is 0 Å². The van der Waals surface area contributed by atoms with Gasteiger partial charge in [0.25, 0.3) is 0 Å². The van der Waals surface area contributed by atoms with E-state index in [0.29, 0.717) is 6.04 Å². The first kappa shape index (κ1) is 8.53. The van der Waals surface area contributed by atoms with Gasteiger partial charge in [-0.25, -0.2) is 4.98 Å². The summed E-state index contributed by atoms with van der Waals surface area (Å²) in [5, 5.41) is 4.48. The zero-order valence-corrected chi connectivity index (χ0v) is 7.74. The van der Waals surface area contributed by atoms with E-state index < -0.39 is 0 Å². The SMILES string of the molecule is [CH2]Cc1ncsc1NC(C)C. The maximum Gasteiger partial charge on any atom is 0.112 e. The van der Waals surface area contributed by atoms with Gasteiger partial charge in [-0.1, -0.05) is 0 Å². The molecule has 1 radical (unpaired) electrons. The van der Waals surface area contributed by atoms with Crippen molar-refractivity contribution in [3.63, 3.8) is 0 Å². The van der Waals surface area contributed by atoms with E-state index in [1.165, 1.54) is 0 Å². The molecule has 0 unspecified atom stereocenters. The zero-order chi connectivity index (χ0) is 8.27. The minimum Gasteiger partial charge on any atom is -0.373 e. The van der Waals surface area contributed by atoms with E-state index in [9.17, 15) is 0 Å². The lowest BCUT2D eigenvalue weighted by Gasteiger charge is -2.07. The largest absolute Gasteiger partial charge is 0.373 e. The third-order valence-corrected chi connectivity index (χ3v) is 2.10. The standard InChI is InChI=1S/C8H13N2S/c1-4-7-8(10-6(2)3)11-5-9-7/h5-6,10H,1,4H2,2-3H3. The molecule has 3 heteroatoms. The molecule has 11 heavy (non-hydrogen) atoms. The second-order valence-electron chi connectivity index (χ2n) is 2.68. The monoisotopic (exact) mass is 169 g/mol. The first-order chi connectivity index (χ1) is 5.24. The Morgan fingerprint density at radius 3 is 3.00 bits per heavy atom. The molecule has 1 aromatic heterocycles. The van der Waals surface area contributed by atoms with Crippen LogP contribution in [-0.2, 0) is 6.42 Å². The van der Waals surface area contributed by atoms with Gasteiger partial charge < -0.3 is 5.32 Å². The van der Waals surface area contributed by atoms with Crippen LogP contribution >= 0.6 is 11.3 Å². The van der Waals surface area contributed by atoms with Gasteiger partial charge in [0.1, 0.15) is 5.00 Å². The maximum atomic E-state index is 4.18. The number of hydrogen-bond donors (Lipinski definition) is 1. The molecule has 0 aliphatic carbocycles. The van der Waals surface area contributed by atoms with E-state index in [2.05, 4.69) is 31.1 Å². The van der Waals surface area contributed by atoms with Crippen molar-refractivity contribution < 1.29 is 0 Å². The highest BCUT2D eigenvalue weighted by Crippen LogP contribution is 2.20. The molecule has 0 aliphatic rings. The van der Waals surface area contributed by atoms with Gasteiger partial charge in [-0.2, -0.15) is 0 Å². The fourth-order valence-corrected chi connectivity index (χ4v) is 1.71. The predicted octanol–water partition coefficient (Wildman–Crippen LogP) is 2.34. The van der Waals surface area contributed by atoms with Crippen LogP contribution in [0.15, 0.2) is 5.51 Å². The van der Waals surface area contributed by atoms with Gasteiger partial charge in [0.15, 0.2) is 0 Å². The van der Waals surface area contributed by atoms with Crippen LogP contribution in [0.2, 0.25) is 0 Å². The molecule has 0 atom stereocenters. The van der Waals surface area contributed by atoms with Gasteiger partial charge in [-0.05, 0) is 27.2 Å². The van der Waals surface area contributed by atoms with E-state index in [1.807, 2.05) is 5.51 Å². The molecule has 0 aliphatic heterocycles. The Balaban J connectivity index is 2.68. The summed E-state index contributed by atoms with van der Waals surface area (Å²) in [6.45, 7) is 8.04. The first-order valence-corrected chi connectivity index (χ1v) is 4.60. The molecule has 0 saturated carbocycles. The molecule has 1 heterocycles. The molecule has 1 aromatic rings. The lowest BCUT2D eigenvalue weighted by molar-refractivity contribution is 0.898. The van der Waals surface area contributed by atoms with Crippen LogP contribution < -0.4 is 5.32 Å². The summed E-state index contributed by atoms with van der Waals surface area (Å²) in [5.74, 6) is 0. The van der Waals surface area contributed by atoms with Gasteiger partial charge in [0.2, 0.25) is 0 Å². The molecule has 1 rings (SSSR count). The van der Waals surface area contributed by atoms with Gasteiger partial charge in [0.05, 0.1) is 11.2 Å². The molecule has 0 aromatic carbocycles. The van der Waals surface area contributed by atoms with E-state index >= 15 is 0 Å². The third kappa shape index (κ3) is 2.19. The minimum atomic E-state index is 0.473. The van der Waals surface area contributed by atoms with Crippen LogP contribution in [0.3, 0.4) is 0 Å². The summed E-state index contributed by atoms with van der Waals surface area (Å²) in [6, 6.07) is 0.473. The summed E-state index contributed by atoms with van der Waals surface area (Å²) in [4.78, 5) is 4.18. The Hall–Kier alpha value is -0.570. The lowest BCUT2D eigenvalue weighted by atomic mass is 10.3. The van der Waals surface area contributed by atoms with Crippen molar-refractivity contribution in [1.29, 1.82) is 0 Å². The minimum absolute atomic E-state index is 0.473. The lowest BCUT2D eigenvalue weighted by Crippen LogP contribution is -2.09.